The number of imidazole rings is 1. The molecule has 5 aromatic rings. The highest BCUT2D eigenvalue weighted by Gasteiger charge is 2.61. The van der Waals surface area contributed by atoms with Crippen molar-refractivity contribution in [2.24, 2.45) is 5.92 Å². The van der Waals surface area contributed by atoms with Gasteiger partial charge in [0.2, 0.25) is 5.88 Å². The van der Waals surface area contributed by atoms with Crippen molar-refractivity contribution < 1.29 is 36.9 Å². The van der Waals surface area contributed by atoms with Gasteiger partial charge in [-0.25, -0.2) is 32.9 Å². The predicted molar refractivity (Wildman–Crippen MR) is 151 cm³/mol. The lowest BCUT2D eigenvalue weighted by Crippen LogP contribution is -2.24. The van der Waals surface area contributed by atoms with E-state index in [-0.39, 0.29) is 58.3 Å². The highest BCUT2D eigenvalue weighted by atomic mass is 19.3. The summed E-state index contributed by atoms with van der Waals surface area (Å²) in [7, 11) is 0. The molecule has 1 aliphatic carbocycles. The van der Waals surface area contributed by atoms with Crippen LogP contribution in [0.15, 0.2) is 66.7 Å². The van der Waals surface area contributed by atoms with Gasteiger partial charge in [-0.15, -0.1) is 0 Å². The summed E-state index contributed by atoms with van der Waals surface area (Å²) < 4.78 is 71.2. The zero-order valence-corrected chi connectivity index (χ0v) is 23.4. The van der Waals surface area contributed by atoms with Gasteiger partial charge in [0.15, 0.2) is 0 Å². The lowest BCUT2D eigenvalue weighted by Gasteiger charge is -2.19. The van der Waals surface area contributed by atoms with E-state index < -0.39 is 29.0 Å². The van der Waals surface area contributed by atoms with Gasteiger partial charge in [0.1, 0.15) is 29.9 Å². The lowest BCUT2D eigenvalue weighted by atomic mass is 10.0. The molecule has 12 heteroatoms. The first kappa shape index (κ1) is 28.5. The Morgan fingerprint density at radius 3 is 2.60 bits per heavy atom. The lowest BCUT2D eigenvalue weighted by molar-refractivity contribution is -0.0787. The van der Waals surface area contributed by atoms with Crippen LogP contribution in [-0.4, -0.2) is 33.7 Å². The van der Waals surface area contributed by atoms with Crippen LogP contribution in [0, 0.1) is 34.7 Å². The van der Waals surface area contributed by atoms with E-state index in [9.17, 15) is 13.7 Å². The number of rotatable bonds is 8. The molecule has 2 fully saturated rings. The number of halogens is 4. The van der Waals surface area contributed by atoms with Crippen LogP contribution in [0.1, 0.15) is 39.3 Å². The minimum Gasteiger partial charge on any atom is -0.473 e. The van der Waals surface area contributed by atoms with Crippen LogP contribution in [0.5, 0.6) is 5.88 Å². The summed E-state index contributed by atoms with van der Waals surface area (Å²) in [5.41, 5.74) is 1.04. The zero-order chi connectivity index (χ0) is 31.3. The third-order valence-electron chi connectivity index (χ3n) is 8.39. The van der Waals surface area contributed by atoms with E-state index in [0.717, 1.165) is 24.6 Å². The van der Waals surface area contributed by atoms with E-state index in [1.54, 1.807) is 12.1 Å². The van der Waals surface area contributed by atoms with Crippen LogP contribution >= 0.6 is 0 Å². The molecule has 2 aromatic heterocycles. The number of benzene rings is 3. The van der Waals surface area contributed by atoms with E-state index in [1.165, 1.54) is 36.4 Å². The van der Waals surface area contributed by atoms with Crippen molar-refractivity contribution >= 4 is 17.0 Å². The van der Waals surface area contributed by atoms with Gasteiger partial charge in [0, 0.05) is 34.1 Å². The third-order valence-corrected chi connectivity index (χ3v) is 8.39. The number of nitriles is 1. The first-order valence-corrected chi connectivity index (χ1v) is 14.0. The van der Waals surface area contributed by atoms with Crippen LogP contribution in [0.25, 0.3) is 22.3 Å². The van der Waals surface area contributed by atoms with Crippen molar-refractivity contribution in [3.8, 4) is 23.2 Å². The second kappa shape index (κ2) is 11.0. The van der Waals surface area contributed by atoms with Crippen LogP contribution in [0.2, 0.25) is 0 Å². The van der Waals surface area contributed by atoms with Gasteiger partial charge in [0.25, 0.3) is 0 Å². The number of hydrogen-bond donors (Lipinski definition) is 0. The molecule has 8 nitrogen and oxygen atoms in total. The number of carbonyl (C=O) groups is 1. The number of pyridine rings is 1. The highest BCUT2D eigenvalue weighted by Crippen LogP contribution is 2.56. The van der Waals surface area contributed by atoms with Crippen LogP contribution in [0.3, 0.4) is 0 Å². The number of carbonyl (C=O) groups excluding carboxylic acids is 1. The molecule has 1 saturated carbocycles. The summed E-state index contributed by atoms with van der Waals surface area (Å²) in [4.78, 5) is 24.2. The number of hydrogen-bond acceptors (Lipinski definition) is 7. The Hall–Kier alpha value is -5.28. The molecule has 1 aliphatic heterocycles. The average molecular weight is 615 g/mol. The van der Waals surface area contributed by atoms with Crippen molar-refractivity contribution in [3.05, 3.63) is 112 Å². The van der Waals surface area contributed by atoms with Gasteiger partial charge in [0.05, 0.1) is 52.7 Å². The molecule has 0 bridgehead atoms. The molecule has 45 heavy (non-hydrogen) atoms. The fraction of sp³-hybridized carbons (Fsp3) is 0.212. The number of fused-ring (bicyclic) bond motifs is 2. The van der Waals surface area contributed by atoms with E-state index in [2.05, 4.69) is 14.9 Å². The molecule has 3 heterocycles. The molecule has 2 aliphatic rings. The summed E-state index contributed by atoms with van der Waals surface area (Å²) in [5.74, 6) is -2.46. The Labute approximate surface area is 253 Å². The van der Waals surface area contributed by atoms with Gasteiger partial charge in [-0.1, -0.05) is 12.1 Å². The monoisotopic (exact) mass is 614 g/mol. The maximum atomic E-state index is 15.6. The topological polar surface area (TPSA) is 99.3 Å². The second-order valence-corrected chi connectivity index (χ2v) is 11.1. The van der Waals surface area contributed by atoms with Gasteiger partial charge < -0.3 is 14.0 Å². The normalized spacial score (nSPS) is 18.4. The molecule has 0 N–H and O–H groups in total. The largest absolute Gasteiger partial charge is 0.473 e. The molecule has 2 atom stereocenters. The Morgan fingerprint density at radius 2 is 1.87 bits per heavy atom. The van der Waals surface area contributed by atoms with Crippen molar-refractivity contribution in [3.63, 3.8) is 0 Å². The minimum absolute atomic E-state index is 0.00691. The van der Waals surface area contributed by atoms with Crippen LogP contribution in [0.4, 0.5) is 17.7 Å². The van der Waals surface area contributed by atoms with Gasteiger partial charge >= 0.3 is 5.97 Å². The summed E-state index contributed by atoms with van der Waals surface area (Å²) >= 11 is 0. The maximum absolute atomic E-state index is 15.6. The number of aromatic nitrogens is 3. The summed E-state index contributed by atoms with van der Waals surface area (Å²) in [6.45, 7) is 0.751. The number of nitrogens with zero attached hydrogens (tertiary/aromatic N) is 4. The van der Waals surface area contributed by atoms with Crippen molar-refractivity contribution in [1.29, 1.82) is 5.26 Å². The van der Waals surface area contributed by atoms with E-state index in [0.29, 0.717) is 30.1 Å². The summed E-state index contributed by atoms with van der Waals surface area (Å²) in [6, 6.07) is 17.0. The van der Waals surface area contributed by atoms with Gasteiger partial charge in [-0.05, 0) is 60.5 Å². The first-order chi connectivity index (χ1) is 21.8. The van der Waals surface area contributed by atoms with E-state index in [1.807, 2.05) is 10.6 Å². The second-order valence-electron chi connectivity index (χ2n) is 11.1. The molecular weight excluding hydrogens is 592 g/mol. The minimum atomic E-state index is -1.15. The van der Waals surface area contributed by atoms with Gasteiger partial charge in [-0.3, -0.25) is 0 Å². The highest BCUT2D eigenvalue weighted by molar-refractivity contribution is 5.93. The Bertz CT molecular complexity index is 2040. The number of ether oxygens (including phenoxy) is 2. The molecule has 226 valence electrons. The third kappa shape index (κ3) is 5.05. The van der Waals surface area contributed by atoms with Crippen molar-refractivity contribution in [2.75, 3.05) is 13.2 Å². The molecular formula is C33H22F4N4O4. The molecule has 0 amide bonds. The fourth-order valence-corrected chi connectivity index (χ4v) is 6.01. The van der Waals surface area contributed by atoms with E-state index in [4.69, 9.17) is 14.7 Å². The SMILES string of the molecule is N#Cc1ccc(COc2cccc(-c3cc(F)c(Cc4nc5ccc(C(=O)OF)cc5n4C45COCC4C5)cc3F)n2)c(F)c1. The molecule has 0 radical (unpaired) electrons. The fourth-order valence-electron chi connectivity index (χ4n) is 6.01. The Morgan fingerprint density at radius 1 is 1.02 bits per heavy atom. The first-order valence-electron chi connectivity index (χ1n) is 14.0. The molecule has 1 saturated heterocycles. The predicted octanol–water partition coefficient (Wildman–Crippen LogP) is 6.34. The summed E-state index contributed by atoms with van der Waals surface area (Å²) in [5, 5.41) is 8.92. The summed E-state index contributed by atoms with van der Waals surface area (Å²) in [6.07, 6.45) is 0.725. The van der Waals surface area contributed by atoms with Crippen molar-refractivity contribution in [1.82, 2.24) is 14.5 Å². The molecule has 3 aromatic carbocycles. The van der Waals surface area contributed by atoms with Gasteiger partial charge in [-0.2, -0.15) is 5.26 Å². The van der Waals surface area contributed by atoms with E-state index >= 15 is 8.78 Å². The maximum Gasteiger partial charge on any atom is 0.379 e. The Balaban J connectivity index is 1.18. The smallest absolute Gasteiger partial charge is 0.379 e. The average Bonchev–Trinajstić information content (AvgIpc) is 3.39. The molecule has 2 unspecified atom stereocenters. The zero-order valence-electron chi connectivity index (χ0n) is 23.4. The molecule has 0 spiro atoms. The quantitative estimate of drug-likeness (QED) is 0.188. The van der Waals surface area contributed by atoms with Crippen LogP contribution < -0.4 is 4.74 Å². The standard InChI is InChI=1S/C33H22F4N4O4/c34-24-8-18(14-38)4-5-20(24)15-44-31-3-1-2-27(40-31)23-12-25(35)21(9-26(23)36)11-30-39-28-7-6-19(32(42)45-37)10-29(28)41(30)33-13-22(33)16-43-17-33/h1-10,12,22H,11,13,15-17H2. The molecule has 7 rings (SSSR count). The van der Waals surface area contributed by atoms with Crippen molar-refractivity contribution in [2.45, 2.75) is 25.0 Å². The Kier molecular flexibility index (Phi) is 6.97. The van der Waals surface area contributed by atoms with Crippen LogP contribution in [-0.2, 0) is 28.2 Å².